The monoisotopic (exact) mass is 346 g/mol. The van der Waals surface area contributed by atoms with E-state index in [1.807, 2.05) is 12.1 Å². The summed E-state index contributed by atoms with van der Waals surface area (Å²) in [5, 5.41) is 0. The number of carbonyl (C=O) groups is 1. The van der Waals surface area contributed by atoms with Gasteiger partial charge in [0.25, 0.3) is 0 Å². The molecule has 1 saturated carbocycles. The molecule has 3 rings (SSSR count). The van der Waals surface area contributed by atoms with E-state index < -0.39 is 0 Å². The van der Waals surface area contributed by atoms with Crippen LogP contribution in [0, 0.1) is 5.92 Å². The Hall–Kier alpha value is -1.75. The van der Waals surface area contributed by atoms with E-state index in [0.717, 1.165) is 44.0 Å². The lowest BCUT2D eigenvalue weighted by Gasteiger charge is -2.41. The smallest absolute Gasteiger partial charge is 0.225 e. The van der Waals surface area contributed by atoms with Crippen LogP contribution in [-0.4, -0.2) is 56.6 Å². The second-order valence-corrected chi connectivity index (χ2v) is 7.23. The summed E-state index contributed by atoms with van der Waals surface area (Å²) in [7, 11) is 5.43. The maximum Gasteiger partial charge on any atom is 0.225 e. The first kappa shape index (κ1) is 18.1. The zero-order valence-corrected chi connectivity index (χ0v) is 15.7. The van der Waals surface area contributed by atoms with Crippen LogP contribution in [0.4, 0.5) is 0 Å². The van der Waals surface area contributed by atoms with E-state index in [-0.39, 0.29) is 12.0 Å². The van der Waals surface area contributed by atoms with E-state index in [1.165, 1.54) is 24.8 Å². The van der Waals surface area contributed by atoms with E-state index in [2.05, 4.69) is 22.9 Å². The molecule has 2 fully saturated rings. The van der Waals surface area contributed by atoms with Crippen LogP contribution < -0.4 is 9.47 Å². The minimum atomic E-state index is 0.195. The molecule has 138 valence electrons. The van der Waals surface area contributed by atoms with Crippen molar-refractivity contribution in [3.8, 4) is 11.5 Å². The van der Waals surface area contributed by atoms with Crippen LogP contribution in [0.25, 0.3) is 0 Å². The Morgan fingerprint density at radius 1 is 1.04 bits per heavy atom. The minimum Gasteiger partial charge on any atom is -0.493 e. The molecule has 5 heteroatoms. The van der Waals surface area contributed by atoms with Crippen molar-refractivity contribution in [2.45, 2.75) is 38.1 Å². The first-order chi connectivity index (χ1) is 12.1. The largest absolute Gasteiger partial charge is 0.493 e. The van der Waals surface area contributed by atoms with Crippen LogP contribution >= 0.6 is 0 Å². The summed E-state index contributed by atoms with van der Waals surface area (Å²) < 4.78 is 10.8. The van der Waals surface area contributed by atoms with Gasteiger partial charge in [-0.05, 0) is 37.6 Å². The Kier molecular flexibility index (Phi) is 5.84. The average Bonchev–Trinajstić information content (AvgIpc) is 2.68. The summed E-state index contributed by atoms with van der Waals surface area (Å²) in [4.78, 5) is 17.3. The summed E-state index contributed by atoms with van der Waals surface area (Å²) in [6.07, 6.45) is 5.80. The van der Waals surface area contributed by atoms with Crippen LogP contribution in [0.5, 0.6) is 11.5 Å². The lowest BCUT2D eigenvalue weighted by molar-refractivity contribution is -0.139. The maximum absolute atomic E-state index is 12.9. The van der Waals surface area contributed by atoms with Gasteiger partial charge in [-0.2, -0.15) is 0 Å². The molecule has 0 N–H and O–H groups in total. The molecule has 0 bridgehead atoms. The summed E-state index contributed by atoms with van der Waals surface area (Å²) in [6, 6.07) is 6.26. The first-order valence-corrected chi connectivity index (χ1v) is 9.35. The van der Waals surface area contributed by atoms with Gasteiger partial charge in [0, 0.05) is 25.6 Å². The first-order valence-electron chi connectivity index (χ1n) is 9.35. The summed E-state index contributed by atoms with van der Waals surface area (Å²) >= 11 is 0. The molecule has 25 heavy (non-hydrogen) atoms. The molecule has 0 aromatic heterocycles. The molecule has 1 amide bonds. The molecule has 1 aliphatic heterocycles. The molecule has 1 aromatic rings. The Labute approximate surface area is 150 Å². The Morgan fingerprint density at radius 3 is 2.44 bits per heavy atom. The molecule has 0 radical (unpaired) electrons. The fraction of sp³-hybridized carbons (Fsp3) is 0.650. The fourth-order valence-electron chi connectivity index (χ4n) is 4.10. The maximum atomic E-state index is 12.9. The fourth-order valence-corrected chi connectivity index (χ4v) is 4.10. The third-order valence-electron chi connectivity index (χ3n) is 5.71. The van der Waals surface area contributed by atoms with Gasteiger partial charge in [-0.1, -0.05) is 25.3 Å². The Morgan fingerprint density at radius 2 is 1.76 bits per heavy atom. The highest BCUT2D eigenvalue weighted by molar-refractivity contribution is 5.79. The van der Waals surface area contributed by atoms with Crippen molar-refractivity contribution in [1.29, 1.82) is 0 Å². The number of amides is 1. The normalized spacial score (nSPS) is 22.7. The molecule has 1 heterocycles. The second-order valence-electron chi connectivity index (χ2n) is 7.23. The van der Waals surface area contributed by atoms with E-state index in [4.69, 9.17) is 9.47 Å². The molecule has 1 aromatic carbocycles. The molecule has 0 spiro atoms. The summed E-state index contributed by atoms with van der Waals surface area (Å²) in [6.45, 7) is 2.48. The number of ether oxygens (including phenoxy) is 2. The van der Waals surface area contributed by atoms with Crippen LogP contribution in [0.15, 0.2) is 18.2 Å². The number of methoxy groups -OCH3 is 2. The number of benzene rings is 1. The zero-order chi connectivity index (χ0) is 17.8. The van der Waals surface area contributed by atoms with E-state index >= 15 is 0 Å². The van der Waals surface area contributed by atoms with Crippen molar-refractivity contribution >= 4 is 5.91 Å². The summed E-state index contributed by atoms with van der Waals surface area (Å²) in [5.74, 6) is 2.07. The molecule has 1 atom stereocenters. The molecule has 1 aliphatic carbocycles. The molecular formula is C20H30N2O3. The third-order valence-corrected chi connectivity index (χ3v) is 5.71. The highest BCUT2D eigenvalue weighted by atomic mass is 16.5. The van der Waals surface area contributed by atoms with Crippen molar-refractivity contribution in [3.63, 3.8) is 0 Å². The van der Waals surface area contributed by atoms with Gasteiger partial charge in [0.15, 0.2) is 11.5 Å². The zero-order valence-electron chi connectivity index (χ0n) is 15.7. The van der Waals surface area contributed by atoms with Crippen molar-refractivity contribution in [2.24, 2.45) is 5.92 Å². The van der Waals surface area contributed by atoms with Gasteiger partial charge in [0.05, 0.1) is 20.3 Å². The number of rotatable bonds is 4. The number of piperazine rings is 1. The number of carbonyl (C=O) groups excluding carboxylic acids is 1. The number of nitrogens with zero attached hydrogens (tertiary/aromatic N) is 2. The van der Waals surface area contributed by atoms with Gasteiger partial charge < -0.3 is 14.4 Å². The van der Waals surface area contributed by atoms with Gasteiger partial charge in [0.2, 0.25) is 5.91 Å². The molecule has 1 saturated heterocycles. The quantitative estimate of drug-likeness (QED) is 0.840. The predicted molar refractivity (Wildman–Crippen MR) is 98.1 cm³/mol. The SMILES string of the molecule is COc1ccc(C2CN(C(=O)C3CCCCC3)CCN2C)cc1OC. The van der Waals surface area contributed by atoms with Crippen molar-refractivity contribution < 1.29 is 14.3 Å². The number of hydrogen-bond acceptors (Lipinski definition) is 4. The van der Waals surface area contributed by atoms with Crippen molar-refractivity contribution in [3.05, 3.63) is 23.8 Å². The van der Waals surface area contributed by atoms with Gasteiger partial charge in [0.1, 0.15) is 0 Å². The van der Waals surface area contributed by atoms with Crippen LogP contribution in [0.2, 0.25) is 0 Å². The van der Waals surface area contributed by atoms with E-state index in [0.29, 0.717) is 5.91 Å². The molecule has 1 unspecified atom stereocenters. The number of hydrogen-bond donors (Lipinski definition) is 0. The third kappa shape index (κ3) is 3.92. The van der Waals surface area contributed by atoms with Crippen LogP contribution in [0.1, 0.15) is 43.7 Å². The lowest BCUT2D eigenvalue weighted by Crippen LogP contribution is -2.50. The van der Waals surface area contributed by atoms with Crippen LogP contribution in [-0.2, 0) is 4.79 Å². The van der Waals surface area contributed by atoms with Gasteiger partial charge in [-0.15, -0.1) is 0 Å². The number of likely N-dealkylation sites (N-methyl/N-ethyl adjacent to an activating group) is 1. The van der Waals surface area contributed by atoms with Gasteiger partial charge in [-0.25, -0.2) is 0 Å². The van der Waals surface area contributed by atoms with E-state index in [9.17, 15) is 4.79 Å². The Balaban J connectivity index is 1.75. The van der Waals surface area contributed by atoms with Crippen molar-refractivity contribution in [1.82, 2.24) is 9.80 Å². The van der Waals surface area contributed by atoms with Crippen molar-refractivity contribution in [2.75, 3.05) is 40.9 Å². The average molecular weight is 346 g/mol. The van der Waals surface area contributed by atoms with Crippen LogP contribution in [0.3, 0.4) is 0 Å². The highest BCUT2D eigenvalue weighted by Crippen LogP contribution is 2.34. The Bertz CT molecular complexity index is 599. The van der Waals surface area contributed by atoms with Gasteiger partial charge in [-0.3, -0.25) is 9.69 Å². The second kappa shape index (κ2) is 8.09. The standard InChI is InChI=1S/C20H30N2O3/c1-21-11-12-22(20(23)15-7-5-4-6-8-15)14-17(21)16-9-10-18(24-2)19(13-16)25-3/h9-10,13,15,17H,4-8,11-12,14H2,1-3H3. The minimum absolute atomic E-state index is 0.195. The molecule has 5 nitrogen and oxygen atoms in total. The van der Waals surface area contributed by atoms with E-state index in [1.54, 1.807) is 14.2 Å². The highest BCUT2D eigenvalue weighted by Gasteiger charge is 2.32. The molecule has 2 aliphatic rings. The topological polar surface area (TPSA) is 42.0 Å². The summed E-state index contributed by atoms with van der Waals surface area (Å²) in [5.41, 5.74) is 1.17. The lowest BCUT2D eigenvalue weighted by atomic mass is 9.88. The van der Waals surface area contributed by atoms with Gasteiger partial charge >= 0.3 is 0 Å². The molecular weight excluding hydrogens is 316 g/mol. The predicted octanol–water partition coefficient (Wildman–Crippen LogP) is 3.10.